The number of benzene rings is 1. The van der Waals surface area contributed by atoms with Crippen molar-refractivity contribution in [2.45, 2.75) is 32.1 Å². The number of hydrogen-bond acceptors (Lipinski definition) is 2. The molecule has 1 heterocycles. The van der Waals surface area contributed by atoms with E-state index in [1.807, 2.05) is 7.05 Å². The maximum Gasteiger partial charge on any atom is 0.0538 e. The van der Waals surface area contributed by atoms with Crippen LogP contribution in [0.25, 0.3) is 0 Å². The average Bonchev–Trinajstić information content (AvgIpc) is 2.98. The van der Waals surface area contributed by atoms with Crippen LogP contribution in [0.15, 0.2) is 18.2 Å². The molecule has 1 aromatic carbocycles. The first-order valence-electron chi connectivity index (χ1n) is 7.14. The second-order valence-corrected chi connectivity index (χ2v) is 5.97. The Kier molecular flexibility index (Phi) is 3.40. The summed E-state index contributed by atoms with van der Waals surface area (Å²) >= 11 is 0. The van der Waals surface area contributed by atoms with Crippen molar-refractivity contribution >= 4 is 0 Å². The second kappa shape index (κ2) is 5.02. The molecule has 1 N–H and O–H groups in total. The number of rotatable bonds is 4. The first-order chi connectivity index (χ1) is 8.81. The smallest absolute Gasteiger partial charge is 0.0538 e. The third-order valence-corrected chi connectivity index (χ3v) is 4.48. The highest BCUT2D eigenvalue weighted by molar-refractivity contribution is 5.35. The number of nitrogens with one attached hydrogen (secondary N) is 1. The zero-order valence-electron chi connectivity index (χ0n) is 11.3. The van der Waals surface area contributed by atoms with E-state index >= 15 is 0 Å². The summed E-state index contributed by atoms with van der Waals surface area (Å²) in [6.45, 7) is 2.89. The fourth-order valence-electron chi connectivity index (χ4n) is 3.53. The molecule has 0 aromatic heterocycles. The molecule has 98 valence electrons. The van der Waals surface area contributed by atoms with E-state index in [9.17, 15) is 0 Å². The molecule has 2 nitrogen and oxygen atoms in total. The van der Waals surface area contributed by atoms with Crippen molar-refractivity contribution in [1.82, 2.24) is 5.32 Å². The van der Waals surface area contributed by atoms with Crippen molar-refractivity contribution in [3.8, 4) is 0 Å². The highest BCUT2D eigenvalue weighted by atomic mass is 16.5. The normalized spacial score (nSPS) is 26.5. The Hall–Kier alpha value is -0.860. The Morgan fingerprint density at radius 2 is 2.17 bits per heavy atom. The maximum atomic E-state index is 5.64. The first-order valence-corrected chi connectivity index (χ1v) is 7.14. The molecule has 0 radical (unpaired) electrons. The molecule has 1 aliphatic heterocycles. The zero-order valence-corrected chi connectivity index (χ0v) is 11.3. The molecule has 1 saturated heterocycles. The Balaban J connectivity index is 1.78. The Bertz CT molecular complexity index is 421. The fraction of sp³-hybridized carbons (Fsp3) is 0.625. The van der Waals surface area contributed by atoms with E-state index in [1.165, 1.54) is 31.2 Å². The minimum absolute atomic E-state index is 0.321. The molecule has 0 amide bonds. The Labute approximate surface area is 110 Å². The zero-order chi connectivity index (χ0) is 12.4. The van der Waals surface area contributed by atoms with E-state index in [2.05, 4.69) is 23.5 Å². The summed E-state index contributed by atoms with van der Waals surface area (Å²) < 4.78 is 5.64. The van der Waals surface area contributed by atoms with Gasteiger partial charge in [-0.1, -0.05) is 18.2 Å². The van der Waals surface area contributed by atoms with Crippen molar-refractivity contribution in [2.24, 2.45) is 5.41 Å². The van der Waals surface area contributed by atoms with Crippen LogP contribution < -0.4 is 5.32 Å². The molecular formula is C16H23NO. The molecule has 0 saturated carbocycles. The van der Waals surface area contributed by atoms with Crippen molar-refractivity contribution in [2.75, 3.05) is 26.8 Å². The van der Waals surface area contributed by atoms with Gasteiger partial charge in [0.25, 0.3) is 0 Å². The van der Waals surface area contributed by atoms with Gasteiger partial charge in [-0.3, -0.25) is 0 Å². The summed E-state index contributed by atoms with van der Waals surface area (Å²) in [7, 11) is 2.04. The third kappa shape index (κ3) is 2.32. The second-order valence-electron chi connectivity index (χ2n) is 5.97. The van der Waals surface area contributed by atoms with Gasteiger partial charge in [-0.05, 0) is 55.8 Å². The van der Waals surface area contributed by atoms with E-state index in [-0.39, 0.29) is 0 Å². The van der Waals surface area contributed by atoms with Crippen LogP contribution in [-0.4, -0.2) is 26.8 Å². The first kappa shape index (κ1) is 12.2. The van der Waals surface area contributed by atoms with Crippen LogP contribution in [0.2, 0.25) is 0 Å². The largest absolute Gasteiger partial charge is 0.381 e. The van der Waals surface area contributed by atoms with Crippen molar-refractivity contribution in [3.63, 3.8) is 0 Å². The van der Waals surface area contributed by atoms with Crippen LogP contribution in [0, 0.1) is 5.41 Å². The van der Waals surface area contributed by atoms with Gasteiger partial charge in [0.2, 0.25) is 0 Å². The lowest BCUT2D eigenvalue weighted by molar-refractivity contribution is 0.150. The topological polar surface area (TPSA) is 21.3 Å². The lowest BCUT2D eigenvalue weighted by atomic mass is 9.80. The summed E-state index contributed by atoms with van der Waals surface area (Å²) in [5.74, 6) is 0. The van der Waals surface area contributed by atoms with Crippen LogP contribution in [0.4, 0.5) is 0 Å². The van der Waals surface area contributed by atoms with Crippen LogP contribution in [0.1, 0.15) is 29.5 Å². The monoisotopic (exact) mass is 245 g/mol. The van der Waals surface area contributed by atoms with Gasteiger partial charge in [-0.25, -0.2) is 0 Å². The minimum Gasteiger partial charge on any atom is -0.381 e. The summed E-state index contributed by atoms with van der Waals surface area (Å²) in [6.07, 6.45) is 6.23. The van der Waals surface area contributed by atoms with Crippen LogP contribution in [0.3, 0.4) is 0 Å². The summed E-state index contributed by atoms with van der Waals surface area (Å²) in [5, 5.41) is 3.34. The quantitative estimate of drug-likeness (QED) is 0.879. The molecule has 18 heavy (non-hydrogen) atoms. The van der Waals surface area contributed by atoms with Crippen molar-refractivity contribution in [1.29, 1.82) is 0 Å². The number of aryl methyl sites for hydroxylation is 2. The standard InChI is InChI=1S/C16H23NO/c1-17-11-16(7-8-18-12-16)10-13-5-6-14-3-2-4-15(14)9-13/h5-6,9,17H,2-4,7-8,10-12H2,1H3. The van der Waals surface area contributed by atoms with Gasteiger partial charge in [0.1, 0.15) is 0 Å². The molecule has 1 aliphatic carbocycles. The fourth-order valence-corrected chi connectivity index (χ4v) is 3.53. The van der Waals surface area contributed by atoms with E-state index in [1.54, 1.807) is 11.1 Å². The van der Waals surface area contributed by atoms with E-state index in [0.717, 1.165) is 26.2 Å². The number of hydrogen-bond donors (Lipinski definition) is 1. The predicted molar refractivity (Wildman–Crippen MR) is 74.0 cm³/mol. The molecule has 2 aliphatic rings. The average molecular weight is 245 g/mol. The molecule has 1 unspecified atom stereocenters. The van der Waals surface area contributed by atoms with Crippen molar-refractivity contribution in [3.05, 3.63) is 34.9 Å². The van der Waals surface area contributed by atoms with Gasteiger partial charge < -0.3 is 10.1 Å². The maximum absolute atomic E-state index is 5.64. The molecule has 0 bridgehead atoms. The van der Waals surface area contributed by atoms with Gasteiger partial charge in [0.15, 0.2) is 0 Å². The SMILES string of the molecule is CNCC1(Cc2ccc3c(c2)CCC3)CCOC1. The minimum atomic E-state index is 0.321. The molecule has 2 heteroatoms. The molecule has 1 aromatic rings. The molecule has 1 atom stereocenters. The molecule has 0 spiro atoms. The number of ether oxygens (including phenoxy) is 1. The molecule has 1 fully saturated rings. The van der Waals surface area contributed by atoms with Gasteiger partial charge >= 0.3 is 0 Å². The lowest BCUT2D eigenvalue weighted by Crippen LogP contribution is -2.35. The van der Waals surface area contributed by atoms with Gasteiger partial charge in [0.05, 0.1) is 6.61 Å². The molecular weight excluding hydrogens is 222 g/mol. The van der Waals surface area contributed by atoms with Crippen LogP contribution >= 0.6 is 0 Å². The van der Waals surface area contributed by atoms with E-state index < -0.39 is 0 Å². The summed E-state index contributed by atoms with van der Waals surface area (Å²) in [4.78, 5) is 0. The Morgan fingerprint density at radius 1 is 1.28 bits per heavy atom. The highest BCUT2D eigenvalue weighted by Crippen LogP contribution is 2.33. The molecule has 3 rings (SSSR count). The Morgan fingerprint density at radius 3 is 2.94 bits per heavy atom. The van der Waals surface area contributed by atoms with Gasteiger partial charge in [0, 0.05) is 18.6 Å². The third-order valence-electron chi connectivity index (χ3n) is 4.48. The van der Waals surface area contributed by atoms with E-state index in [4.69, 9.17) is 4.74 Å². The van der Waals surface area contributed by atoms with E-state index in [0.29, 0.717) is 5.41 Å². The summed E-state index contributed by atoms with van der Waals surface area (Å²) in [5.41, 5.74) is 4.98. The highest BCUT2D eigenvalue weighted by Gasteiger charge is 2.34. The van der Waals surface area contributed by atoms with Crippen LogP contribution in [0.5, 0.6) is 0 Å². The van der Waals surface area contributed by atoms with Gasteiger partial charge in [-0.15, -0.1) is 0 Å². The predicted octanol–water partition coefficient (Wildman–Crippen LogP) is 2.34. The lowest BCUT2D eigenvalue weighted by Gasteiger charge is -2.27. The van der Waals surface area contributed by atoms with Crippen LogP contribution in [-0.2, 0) is 24.0 Å². The number of fused-ring (bicyclic) bond motifs is 1. The van der Waals surface area contributed by atoms with Crippen molar-refractivity contribution < 1.29 is 4.74 Å². The van der Waals surface area contributed by atoms with Gasteiger partial charge in [-0.2, -0.15) is 0 Å². The summed E-state index contributed by atoms with van der Waals surface area (Å²) in [6, 6.07) is 7.12.